The first-order valence-electron chi connectivity index (χ1n) is 5.31. The van der Waals surface area contributed by atoms with E-state index in [9.17, 15) is 9.18 Å². The molecular formula is C13H9ClFNO3. The Morgan fingerprint density at radius 1 is 1.47 bits per heavy atom. The van der Waals surface area contributed by atoms with Crippen LogP contribution in [0.5, 0.6) is 11.6 Å². The number of aromatic carboxylic acids is 1. The Labute approximate surface area is 113 Å². The van der Waals surface area contributed by atoms with Crippen molar-refractivity contribution in [3.63, 3.8) is 0 Å². The lowest BCUT2D eigenvalue weighted by Gasteiger charge is -2.08. The molecule has 0 amide bonds. The number of carboxylic acids is 1. The molecule has 0 radical (unpaired) electrons. The van der Waals surface area contributed by atoms with Crippen molar-refractivity contribution in [2.75, 3.05) is 0 Å². The maximum atomic E-state index is 13.7. The second-order valence-electron chi connectivity index (χ2n) is 3.81. The molecule has 0 aliphatic carbocycles. The Balaban J connectivity index is 2.34. The van der Waals surface area contributed by atoms with Crippen LogP contribution < -0.4 is 4.74 Å². The van der Waals surface area contributed by atoms with E-state index in [1.807, 2.05) is 0 Å². The molecule has 4 nitrogen and oxygen atoms in total. The maximum Gasteiger partial charge on any atom is 0.337 e. The van der Waals surface area contributed by atoms with Crippen LogP contribution in [0.3, 0.4) is 0 Å². The first kappa shape index (κ1) is 13.3. The molecule has 0 bridgehead atoms. The van der Waals surface area contributed by atoms with Crippen LogP contribution in [-0.4, -0.2) is 16.1 Å². The Kier molecular flexibility index (Phi) is 3.66. The van der Waals surface area contributed by atoms with E-state index < -0.39 is 11.8 Å². The largest absolute Gasteiger partial charge is 0.478 e. The summed E-state index contributed by atoms with van der Waals surface area (Å²) in [6.45, 7) is 1.60. The lowest BCUT2D eigenvalue weighted by molar-refractivity contribution is 0.0696. The smallest absolute Gasteiger partial charge is 0.337 e. The average Bonchev–Trinajstić information content (AvgIpc) is 2.37. The number of aromatic nitrogens is 1. The molecule has 19 heavy (non-hydrogen) atoms. The van der Waals surface area contributed by atoms with Gasteiger partial charge in [0.1, 0.15) is 5.02 Å². The molecule has 2 aromatic rings. The van der Waals surface area contributed by atoms with Gasteiger partial charge in [0, 0.05) is 6.20 Å². The molecule has 6 heteroatoms. The number of carboxylic acid groups (broad SMARTS) is 1. The molecule has 0 saturated heterocycles. The number of ether oxygens (including phenoxy) is 1. The SMILES string of the molecule is Cc1cccc(Oc2ncc(C(=O)O)cc2Cl)c1F. The summed E-state index contributed by atoms with van der Waals surface area (Å²) in [6.07, 6.45) is 1.09. The first-order valence-corrected chi connectivity index (χ1v) is 5.68. The summed E-state index contributed by atoms with van der Waals surface area (Å²) in [5, 5.41) is 8.77. The van der Waals surface area contributed by atoms with E-state index in [1.54, 1.807) is 19.1 Å². The average molecular weight is 282 g/mol. The highest BCUT2D eigenvalue weighted by molar-refractivity contribution is 6.32. The van der Waals surface area contributed by atoms with Gasteiger partial charge in [-0.1, -0.05) is 23.7 Å². The van der Waals surface area contributed by atoms with E-state index >= 15 is 0 Å². The molecule has 0 unspecified atom stereocenters. The Bertz CT molecular complexity index is 646. The van der Waals surface area contributed by atoms with Gasteiger partial charge in [0.05, 0.1) is 5.56 Å². The number of rotatable bonds is 3. The Hall–Kier alpha value is -2.14. The van der Waals surface area contributed by atoms with Crippen LogP contribution in [0.4, 0.5) is 4.39 Å². The van der Waals surface area contributed by atoms with Gasteiger partial charge in [0.2, 0.25) is 5.88 Å². The van der Waals surface area contributed by atoms with Crippen molar-refractivity contribution in [2.24, 2.45) is 0 Å². The molecule has 1 aromatic carbocycles. The number of hydrogen-bond donors (Lipinski definition) is 1. The second kappa shape index (κ2) is 5.24. The number of hydrogen-bond acceptors (Lipinski definition) is 3. The van der Waals surface area contributed by atoms with E-state index in [4.69, 9.17) is 21.4 Å². The van der Waals surface area contributed by atoms with E-state index in [2.05, 4.69) is 4.98 Å². The highest BCUT2D eigenvalue weighted by atomic mass is 35.5. The Morgan fingerprint density at radius 2 is 2.21 bits per heavy atom. The van der Waals surface area contributed by atoms with Crippen LogP contribution in [0.25, 0.3) is 0 Å². The summed E-state index contributed by atoms with van der Waals surface area (Å²) >= 11 is 5.84. The molecular weight excluding hydrogens is 273 g/mol. The molecule has 1 heterocycles. The van der Waals surface area contributed by atoms with Gasteiger partial charge in [-0.05, 0) is 24.6 Å². The standard InChI is InChI=1S/C13H9ClFNO3/c1-7-3-2-4-10(11(7)15)19-12-9(14)5-8(6-16-12)13(17)18/h2-6H,1H3,(H,17,18). The molecule has 98 valence electrons. The molecule has 0 saturated carbocycles. The summed E-state index contributed by atoms with van der Waals surface area (Å²) in [7, 11) is 0. The van der Waals surface area contributed by atoms with Crippen molar-refractivity contribution in [2.45, 2.75) is 6.92 Å². The van der Waals surface area contributed by atoms with E-state index in [0.717, 1.165) is 6.20 Å². The van der Waals surface area contributed by atoms with Crippen molar-refractivity contribution in [1.29, 1.82) is 0 Å². The maximum absolute atomic E-state index is 13.7. The van der Waals surface area contributed by atoms with Gasteiger partial charge in [-0.15, -0.1) is 0 Å². The lowest BCUT2D eigenvalue weighted by atomic mass is 10.2. The number of pyridine rings is 1. The minimum Gasteiger partial charge on any atom is -0.478 e. The van der Waals surface area contributed by atoms with Crippen molar-refractivity contribution < 1.29 is 19.0 Å². The zero-order valence-electron chi connectivity index (χ0n) is 9.85. The quantitative estimate of drug-likeness (QED) is 0.932. The molecule has 1 N–H and O–H groups in total. The number of carbonyl (C=O) groups is 1. The number of aryl methyl sites for hydroxylation is 1. The topological polar surface area (TPSA) is 59.4 Å². The van der Waals surface area contributed by atoms with Gasteiger partial charge < -0.3 is 9.84 Å². The second-order valence-corrected chi connectivity index (χ2v) is 4.21. The third kappa shape index (κ3) is 2.82. The fraction of sp³-hybridized carbons (Fsp3) is 0.0769. The summed E-state index contributed by atoms with van der Waals surface area (Å²) in [5.41, 5.74) is 0.359. The van der Waals surface area contributed by atoms with Gasteiger partial charge in [-0.25, -0.2) is 14.2 Å². The summed E-state index contributed by atoms with van der Waals surface area (Å²) in [5.74, 6) is -1.72. The third-order valence-corrected chi connectivity index (χ3v) is 2.69. The van der Waals surface area contributed by atoms with Crippen LogP contribution in [0.2, 0.25) is 5.02 Å². The number of nitrogens with zero attached hydrogens (tertiary/aromatic N) is 1. The van der Waals surface area contributed by atoms with Crippen LogP contribution in [0.1, 0.15) is 15.9 Å². The lowest BCUT2D eigenvalue weighted by Crippen LogP contribution is -1.99. The van der Waals surface area contributed by atoms with E-state index in [-0.39, 0.29) is 22.2 Å². The van der Waals surface area contributed by atoms with Crippen LogP contribution in [0, 0.1) is 12.7 Å². The van der Waals surface area contributed by atoms with Gasteiger partial charge in [-0.2, -0.15) is 0 Å². The highest BCUT2D eigenvalue weighted by Crippen LogP contribution is 2.30. The summed E-state index contributed by atoms with van der Waals surface area (Å²) < 4.78 is 19.0. The molecule has 0 aliphatic rings. The van der Waals surface area contributed by atoms with Crippen molar-refractivity contribution in [3.05, 3.63) is 52.4 Å². The minimum absolute atomic E-state index is 0.000746. The predicted molar refractivity (Wildman–Crippen MR) is 67.4 cm³/mol. The number of benzene rings is 1. The van der Waals surface area contributed by atoms with Crippen LogP contribution in [-0.2, 0) is 0 Å². The van der Waals surface area contributed by atoms with Crippen molar-refractivity contribution in [3.8, 4) is 11.6 Å². The van der Waals surface area contributed by atoms with Gasteiger partial charge in [0.25, 0.3) is 0 Å². The van der Waals surface area contributed by atoms with Crippen molar-refractivity contribution in [1.82, 2.24) is 4.98 Å². The zero-order valence-corrected chi connectivity index (χ0v) is 10.6. The fourth-order valence-corrected chi connectivity index (χ4v) is 1.63. The number of halogens is 2. The first-order chi connectivity index (χ1) is 8.99. The summed E-state index contributed by atoms with van der Waals surface area (Å²) in [6, 6.07) is 5.86. The Morgan fingerprint density at radius 3 is 2.84 bits per heavy atom. The molecule has 2 rings (SSSR count). The van der Waals surface area contributed by atoms with Gasteiger partial charge in [0.15, 0.2) is 11.6 Å². The van der Waals surface area contributed by atoms with Gasteiger partial charge >= 0.3 is 5.97 Å². The molecule has 0 fully saturated rings. The zero-order chi connectivity index (χ0) is 14.0. The van der Waals surface area contributed by atoms with E-state index in [1.165, 1.54) is 12.1 Å². The highest BCUT2D eigenvalue weighted by Gasteiger charge is 2.13. The monoisotopic (exact) mass is 281 g/mol. The van der Waals surface area contributed by atoms with E-state index in [0.29, 0.717) is 5.56 Å². The fourth-order valence-electron chi connectivity index (χ4n) is 1.42. The van der Waals surface area contributed by atoms with Crippen LogP contribution >= 0.6 is 11.6 Å². The molecule has 0 aliphatic heterocycles. The third-order valence-electron chi connectivity index (χ3n) is 2.42. The van der Waals surface area contributed by atoms with Gasteiger partial charge in [-0.3, -0.25) is 0 Å². The molecule has 0 atom stereocenters. The molecule has 1 aromatic heterocycles. The van der Waals surface area contributed by atoms with Crippen LogP contribution in [0.15, 0.2) is 30.5 Å². The minimum atomic E-state index is -1.15. The molecule has 0 spiro atoms. The summed E-state index contributed by atoms with van der Waals surface area (Å²) in [4.78, 5) is 14.5. The normalized spacial score (nSPS) is 10.3. The predicted octanol–water partition coefficient (Wildman–Crippen LogP) is 3.67. The van der Waals surface area contributed by atoms with Crippen molar-refractivity contribution >= 4 is 17.6 Å².